The second-order valence-corrected chi connectivity index (χ2v) is 10.6. The number of nitrogens with zero attached hydrogens (tertiary/aromatic N) is 2. The van der Waals surface area contributed by atoms with Crippen molar-refractivity contribution >= 4 is 33.0 Å². The standard InChI is InChI=1S/C26H24N2O4S/c1-3-19-12-14-21(15-13-19)28-24(29)17-33(31,32)26(28)22-10-6-7-11-23(22)27(25(26)30)16-20-9-5-4-8-18(20)2/h4-15H,3,16-17H2,1-2H3. The minimum atomic E-state index is -4.16. The van der Waals surface area contributed by atoms with E-state index in [1.54, 1.807) is 36.4 Å². The predicted octanol–water partition coefficient (Wildman–Crippen LogP) is 3.72. The number of sulfone groups is 1. The monoisotopic (exact) mass is 460 g/mol. The van der Waals surface area contributed by atoms with Crippen LogP contribution >= 0.6 is 0 Å². The molecule has 1 atom stereocenters. The van der Waals surface area contributed by atoms with Crippen LogP contribution < -0.4 is 9.80 Å². The fourth-order valence-electron chi connectivity index (χ4n) is 4.89. The Labute approximate surface area is 193 Å². The van der Waals surface area contributed by atoms with Crippen LogP contribution in [-0.2, 0) is 37.3 Å². The van der Waals surface area contributed by atoms with Gasteiger partial charge in [-0.1, -0.05) is 61.5 Å². The quantitative estimate of drug-likeness (QED) is 0.595. The fourth-order valence-corrected chi connectivity index (χ4v) is 6.92. The number of rotatable bonds is 4. The van der Waals surface area contributed by atoms with Crippen molar-refractivity contribution in [3.8, 4) is 0 Å². The molecule has 1 spiro atoms. The van der Waals surface area contributed by atoms with E-state index in [-0.39, 0.29) is 6.54 Å². The maximum Gasteiger partial charge on any atom is 0.274 e. The summed E-state index contributed by atoms with van der Waals surface area (Å²) in [4.78, 5) is 27.9. The maximum absolute atomic E-state index is 14.1. The van der Waals surface area contributed by atoms with Crippen LogP contribution in [0.3, 0.4) is 0 Å². The molecule has 0 saturated carbocycles. The lowest BCUT2D eigenvalue weighted by atomic mass is 10.0. The highest BCUT2D eigenvalue weighted by Crippen LogP contribution is 2.52. The van der Waals surface area contributed by atoms with Crippen molar-refractivity contribution < 1.29 is 18.0 Å². The Bertz CT molecular complexity index is 1380. The Balaban J connectivity index is 1.72. The van der Waals surface area contributed by atoms with Gasteiger partial charge in [0, 0.05) is 11.3 Å². The van der Waals surface area contributed by atoms with Gasteiger partial charge in [-0.2, -0.15) is 0 Å². The first-order valence-electron chi connectivity index (χ1n) is 10.9. The topological polar surface area (TPSA) is 74.8 Å². The van der Waals surface area contributed by atoms with Gasteiger partial charge in [0.1, 0.15) is 5.75 Å². The third-order valence-corrected chi connectivity index (χ3v) is 8.72. The minimum absolute atomic E-state index is 0.219. The van der Waals surface area contributed by atoms with Crippen LogP contribution in [0.25, 0.3) is 0 Å². The molecule has 2 aliphatic heterocycles. The number of anilines is 2. The molecule has 6 nitrogen and oxygen atoms in total. The van der Waals surface area contributed by atoms with Gasteiger partial charge in [-0.15, -0.1) is 0 Å². The van der Waals surface area contributed by atoms with Gasteiger partial charge in [-0.3, -0.25) is 14.5 Å². The molecule has 0 bridgehead atoms. The van der Waals surface area contributed by atoms with Crippen LogP contribution in [0.2, 0.25) is 0 Å². The molecule has 33 heavy (non-hydrogen) atoms. The lowest BCUT2D eigenvalue weighted by Gasteiger charge is -2.32. The fraction of sp³-hybridized carbons (Fsp3) is 0.231. The molecule has 0 N–H and O–H groups in total. The summed E-state index contributed by atoms with van der Waals surface area (Å²) in [5, 5.41) is 0. The van der Waals surface area contributed by atoms with Crippen molar-refractivity contribution in [2.45, 2.75) is 31.7 Å². The first kappa shape index (κ1) is 21.4. The van der Waals surface area contributed by atoms with Crippen molar-refractivity contribution in [1.29, 1.82) is 0 Å². The van der Waals surface area contributed by atoms with Crippen molar-refractivity contribution in [2.75, 3.05) is 15.6 Å². The van der Waals surface area contributed by atoms with Gasteiger partial charge < -0.3 is 4.90 Å². The summed E-state index contributed by atoms with van der Waals surface area (Å²) >= 11 is 0. The van der Waals surface area contributed by atoms with E-state index in [4.69, 9.17) is 0 Å². The van der Waals surface area contributed by atoms with Gasteiger partial charge in [0.25, 0.3) is 10.8 Å². The van der Waals surface area contributed by atoms with Crippen LogP contribution in [0.4, 0.5) is 11.4 Å². The molecular weight excluding hydrogens is 436 g/mol. The Kier molecular flexibility index (Phi) is 4.90. The maximum atomic E-state index is 14.1. The van der Waals surface area contributed by atoms with Crippen LogP contribution in [0, 0.1) is 6.92 Å². The minimum Gasteiger partial charge on any atom is -0.304 e. The van der Waals surface area contributed by atoms with Gasteiger partial charge in [0.15, 0.2) is 9.84 Å². The molecule has 2 amide bonds. The van der Waals surface area contributed by atoms with E-state index in [0.717, 1.165) is 23.1 Å². The second-order valence-electron chi connectivity index (χ2n) is 8.49. The molecule has 0 radical (unpaired) electrons. The lowest BCUT2D eigenvalue weighted by Crippen LogP contribution is -2.54. The van der Waals surface area contributed by atoms with Gasteiger partial charge in [0.05, 0.1) is 12.2 Å². The molecule has 0 aromatic heterocycles. The van der Waals surface area contributed by atoms with Gasteiger partial charge in [-0.25, -0.2) is 8.42 Å². The number of fused-ring (bicyclic) bond motifs is 2. The van der Waals surface area contributed by atoms with E-state index >= 15 is 0 Å². The van der Waals surface area contributed by atoms with E-state index in [9.17, 15) is 18.0 Å². The summed E-state index contributed by atoms with van der Waals surface area (Å²) in [5.41, 5.74) is 4.22. The molecule has 1 fully saturated rings. The molecule has 3 aromatic carbocycles. The summed E-state index contributed by atoms with van der Waals surface area (Å²) in [6, 6.07) is 21.7. The Hall–Kier alpha value is -3.45. The zero-order valence-electron chi connectivity index (χ0n) is 18.5. The molecule has 3 aromatic rings. The highest BCUT2D eigenvalue weighted by atomic mass is 32.2. The number of benzene rings is 3. The smallest absolute Gasteiger partial charge is 0.274 e. The molecule has 168 valence electrons. The van der Waals surface area contributed by atoms with E-state index < -0.39 is 32.3 Å². The molecule has 2 heterocycles. The number of carbonyl (C=O) groups excluding carboxylic acids is 2. The molecule has 0 aliphatic carbocycles. The van der Waals surface area contributed by atoms with Crippen LogP contribution in [-0.4, -0.2) is 26.0 Å². The third kappa shape index (κ3) is 2.95. The average Bonchev–Trinajstić information content (AvgIpc) is 3.18. The summed E-state index contributed by atoms with van der Waals surface area (Å²) in [6.07, 6.45) is 0.809. The Morgan fingerprint density at radius 1 is 0.909 bits per heavy atom. The van der Waals surface area contributed by atoms with E-state index in [1.807, 2.05) is 50.2 Å². The molecule has 2 aliphatic rings. The molecular formula is C26H24N2O4S. The highest BCUT2D eigenvalue weighted by Gasteiger charge is 2.69. The van der Waals surface area contributed by atoms with Gasteiger partial charge in [-0.05, 0) is 48.2 Å². The Morgan fingerprint density at radius 2 is 1.58 bits per heavy atom. The van der Waals surface area contributed by atoms with Crippen LogP contribution in [0.1, 0.15) is 29.2 Å². The number of aryl methyl sites for hydroxylation is 2. The molecule has 5 rings (SSSR count). The molecule has 7 heteroatoms. The highest BCUT2D eigenvalue weighted by molar-refractivity contribution is 7.94. The first-order valence-corrected chi connectivity index (χ1v) is 12.6. The first-order chi connectivity index (χ1) is 15.8. The number of carbonyl (C=O) groups is 2. The van der Waals surface area contributed by atoms with Crippen molar-refractivity contribution in [3.63, 3.8) is 0 Å². The lowest BCUT2D eigenvalue weighted by molar-refractivity contribution is -0.123. The molecule has 1 unspecified atom stereocenters. The summed E-state index contributed by atoms with van der Waals surface area (Å²) < 4.78 is 27.3. The summed E-state index contributed by atoms with van der Waals surface area (Å²) in [7, 11) is -4.16. The number of hydrogen-bond donors (Lipinski definition) is 0. The number of hydrogen-bond acceptors (Lipinski definition) is 4. The zero-order chi connectivity index (χ0) is 23.4. The number of amides is 2. The second kappa shape index (κ2) is 7.56. The van der Waals surface area contributed by atoms with Crippen LogP contribution in [0.5, 0.6) is 0 Å². The van der Waals surface area contributed by atoms with Crippen molar-refractivity contribution in [2.24, 2.45) is 0 Å². The molecule has 1 saturated heterocycles. The van der Waals surface area contributed by atoms with Crippen LogP contribution in [0.15, 0.2) is 72.8 Å². The third-order valence-electron chi connectivity index (χ3n) is 6.62. The summed E-state index contributed by atoms with van der Waals surface area (Å²) in [6.45, 7) is 4.19. The van der Waals surface area contributed by atoms with Gasteiger partial charge in [0.2, 0.25) is 5.91 Å². The number of para-hydroxylation sites is 1. The normalized spacial score (nSPS) is 21.2. The van der Waals surface area contributed by atoms with Gasteiger partial charge >= 0.3 is 0 Å². The van der Waals surface area contributed by atoms with Crippen molar-refractivity contribution in [1.82, 2.24) is 0 Å². The van der Waals surface area contributed by atoms with Crippen molar-refractivity contribution in [3.05, 3.63) is 95.1 Å². The average molecular weight is 461 g/mol. The van der Waals surface area contributed by atoms with E-state index in [2.05, 4.69) is 0 Å². The largest absolute Gasteiger partial charge is 0.304 e. The Morgan fingerprint density at radius 3 is 2.27 bits per heavy atom. The SMILES string of the molecule is CCc1ccc(N2C(=O)CS(=O)(=O)C23C(=O)N(Cc2ccccc2C)c2ccccc23)cc1. The van der Waals surface area contributed by atoms with E-state index in [1.165, 1.54) is 9.80 Å². The summed E-state index contributed by atoms with van der Waals surface area (Å²) in [5.74, 6) is -1.92. The predicted molar refractivity (Wildman–Crippen MR) is 128 cm³/mol. The van der Waals surface area contributed by atoms with E-state index in [0.29, 0.717) is 16.9 Å². The zero-order valence-corrected chi connectivity index (χ0v) is 19.3.